The van der Waals surface area contributed by atoms with E-state index in [2.05, 4.69) is 35.8 Å². The van der Waals surface area contributed by atoms with E-state index in [9.17, 15) is 0 Å². The van der Waals surface area contributed by atoms with Crippen LogP contribution in [0.5, 0.6) is 0 Å². The summed E-state index contributed by atoms with van der Waals surface area (Å²) in [4.78, 5) is 0. The van der Waals surface area contributed by atoms with Crippen molar-refractivity contribution >= 4 is 0 Å². The molecule has 0 amide bonds. The fourth-order valence-electron chi connectivity index (χ4n) is 1.64. The van der Waals surface area contributed by atoms with Crippen molar-refractivity contribution in [1.82, 2.24) is 10.6 Å². The summed E-state index contributed by atoms with van der Waals surface area (Å²) >= 11 is 0. The first-order valence-corrected chi connectivity index (χ1v) is 4.23. The summed E-state index contributed by atoms with van der Waals surface area (Å²) in [7, 11) is 0. The van der Waals surface area contributed by atoms with Crippen LogP contribution in [0.2, 0.25) is 0 Å². The highest BCUT2D eigenvalue weighted by molar-refractivity contribution is 5.24. The molecule has 0 aromatic heterocycles. The van der Waals surface area contributed by atoms with Gasteiger partial charge in [-0.25, -0.2) is 0 Å². The minimum Gasteiger partial charge on any atom is -0.386 e. The van der Waals surface area contributed by atoms with Crippen LogP contribution in [0.4, 0.5) is 0 Å². The molecule has 0 bridgehead atoms. The van der Waals surface area contributed by atoms with E-state index in [0.717, 1.165) is 13.0 Å². The number of hydrogen-bond acceptors (Lipinski definition) is 2. The Bertz CT molecular complexity index is 206. The third-order valence-electron chi connectivity index (χ3n) is 2.26. The number of hydrogen-bond donors (Lipinski definition) is 2. The van der Waals surface area contributed by atoms with Crippen molar-refractivity contribution in [2.45, 2.75) is 25.4 Å². The summed E-state index contributed by atoms with van der Waals surface area (Å²) in [5, 5.41) is 6.95. The van der Waals surface area contributed by atoms with Gasteiger partial charge in [-0.1, -0.05) is 12.2 Å². The second kappa shape index (κ2) is 2.70. The van der Waals surface area contributed by atoms with Gasteiger partial charge in [0.25, 0.3) is 0 Å². The quantitative estimate of drug-likeness (QED) is 0.533. The molecular weight excluding hydrogens is 136 g/mol. The predicted octanol–water partition coefficient (Wildman–Crippen LogP) is 0.780. The number of fused-ring (bicyclic) bond motifs is 1. The van der Waals surface area contributed by atoms with Crippen LogP contribution in [0.3, 0.4) is 0 Å². The minimum atomic E-state index is 0.545. The van der Waals surface area contributed by atoms with Crippen molar-refractivity contribution in [3.05, 3.63) is 23.9 Å². The van der Waals surface area contributed by atoms with Crippen molar-refractivity contribution in [3.8, 4) is 0 Å². The molecular formula is C9H14N2. The average molecular weight is 150 g/mol. The van der Waals surface area contributed by atoms with Crippen LogP contribution in [-0.2, 0) is 0 Å². The van der Waals surface area contributed by atoms with Crippen LogP contribution in [-0.4, -0.2) is 18.6 Å². The molecule has 0 spiro atoms. The average Bonchev–Trinajstić information content (AvgIpc) is 2.04. The van der Waals surface area contributed by atoms with Gasteiger partial charge in [-0.3, -0.25) is 0 Å². The third kappa shape index (κ3) is 1.31. The van der Waals surface area contributed by atoms with Crippen molar-refractivity contribution in [1.29, 1.82) is 0 Å². The summed E-state index contributed by atoms with van der Waals surface area (Å²) in [6.45, 7) is 3.26. The molecule has 2 nitrogen and oxygen atoms in total. The predicted molar refractivity (Wildman–Crippen MR) is 46.2 cm³/mol. The van der Waals surface area contributed by atoms with Gasteiger partial charge in [-0.05, 0) is 19.4 Å². The number of nitrogens with one attached hydrogen (secondary N) is 2. The van der Waals surface area contributed by atoms with Crippen LogP contribution >= 0.6 is 0 Å². The molecule has 0 aromatic rings. The van der Waals surface area contributed by atoms with Gasteiger partial charge in [0, 0.05) is 18.3 Å². The lowest BCUT2D eigenvalue weighted by Gasteiger charge is -2.33. The zero-order valence-electron chi connectivity index (χ0n) is 6.80. The molecule has 60 valence electrons. The molecule has 11 heavy (non-hydrogen) atoms. The lowest BCUT2D eigenvalue weighted by Crippen LogP contribution is -2.52. The molecule has 1 saturated heterocycles. The Morgan fingerprint density at radius 3 is 3.36 bits per heavy atom. The SMILES string of the molecule is CC1CNC2=CC=CCC2N1. The Kier molecular flexibility index (Phi) is 1.70. The fraction of sp³-hybridized carbons (Fsp3) is 0.556. The lowest BCUT2D eigenvalue weighted by molar-refractivity contribution is 0.401. The molecule has 1 fully saturated rings. The molecule has 1 aliphatic carbocycles. The number of rotatable bonds is 0. The Morgan fingerprint density at radius 1 is 1.55 bits per heavy atom. The monoisotopic (exact) mass is 150 g/mol. The van der Waals surface area contributed by atoms with Gasteiger partial charge in [0.2, 0.25) is 0 Å². The van der Waals surface area contributed by atoms with Crippen molar-refractivity contribution in [2.75, 3.05) is 6.54 Å². The van der Waals surface area contributed by atoms with Crippen molar-refractivity contribution in [2.24, 2.45) is 0 Å². The van der Waals surface area contributed by atoms with Crippen LogP contribution < -0.4 is 10.6 Å². The van der Waals surface area contributed by atoms with Crippen LogP contribution in [0.1, 0.15) is 13.3 Å². The fourth-order valence-corrected chi connectivity index (χ4v) is 1.64. The second-order valence-corrected chi connectivity index (χ2v) is 3.29. The Hall–Kier alpha value is -0.760. The van der Waals surface area contributed by atoms with Gasteiger partial charge in [-0.2, -0.15) is 0 Å². The van der Waals surface area contributed by atoms with E-state index in [0.29, 0.717) is 12.1 Å². The van der Waals surface area contributed by atoms with E-state index in [-0.39, 0.29) is 0 Å². The first-order chi connectivity index (χ1) is 5.36. The molecule has 0 aromatic carbocycles. The summed E-state index contributed by atoms with van der Waals surface area (Å²) in [6, 6.07) is 1.15. The molecule has 1 heterocycles. The molecule has 2 N–H and O–H groups in total. The molecule has 0 saturated carbocycles. The van der Waals surface area contributed by atoms with E-state index in [4.69, 9.17) is 0 Å². The van der Waals surface area contributed by atoms with E-state index >= 15 is 0 Å². The molecule has 2 atom stereocenters. The first kappa shape index (κ1) is 6.92. The van der Waals surface area contributed by atoms with Crippen molar-refractivity contribution < 1.29 is 0 Å². The molecule has 2 unspecified atom stereocenters. The maximum Gasteiger partial charge on any atom is 0.0507 e. The standard InChI is InChI=1S/C9H14N2/c1-7-6-10-8-4-2-3-5-9(8)11-7/h2-4,7,9-11H,5-6H2,1H3. The highest BCUT2D eigenvalue weighted by Crippen LogP contribution is 2.14. The largest absolute Gasteiger partial charge is 0.386 e. The lowest BCUT2D eigenvalue weighted by atomic mass is 10.0. The van der Waals surface area contributed by atoms with Crippen LogP contribution in [0, 0.1) is 0 Å². The maximum atomic E-state index is 3.54. The first-order valence-electron chi connectivity index (χ1n) is 4.23. The van der Waals surface area contributed by atoms with Gasteiger partial charge >= 0.3 is 0 Å². The number of allylic oxidation sites excluding steroid dienone is 2. The van der Waals surface area contributed by atoms with Gasteiger partial charge in [0.05, 0.1) is 6.04 Å². The summed E-state index contributed by atoms with van der Waals surface area (Å²) in [6.07, 6.45) is 7.62. The maximum absolute atomic E-state index is 3.54. The molecule has 0 radical (unpaired) electrons. The highest BCUT2D eigenvalue weighted by atomic mass is 15.1. The van der Waals surface area contributed by atoms with Crippen LogP contribution in [0.15, 0.2) is 23.9 Å². The zero-order chi connectivity index (χ0) is 7.68. The van der Waals surface area contributed by atoms with Gasteiger partial charge < -0.3 is 10.6 Å². The van der Waals surface area contributed by atoms with Gasteiger partial charge in [0.15, 0.2) is 0 Å². The van der Waals surface area contributed by atoms with E-state index in [1.807, 2.05) is 0 Å². The topological polar surface area (TPSA) is 24.1 Å². The minimum absolute atomic E-state index is 0.545. The molecule has 2 rings (SSSR count). The van der Waals surface area contributed by atoms with E-state index < -0.39 is 0 Å². The Labute approximate surface area is 67.4 Å². The third-order valence-corrected chi connectivity index (χ3v) is 2.26. The van der Waals surface area contributed by atoms with Crippen LogP contribution in [0.25, 0.3) is 0 Å². The summed E-state index contributed by atoms with van der Waals surface area (Å²) < 4.78 is 0. The Balaban J connectivity index is 2.11. The number of piperazine rings is 1. The highest BCUT2D eigenvalue weighted by Gasteiger charge is 2.21. The van der Waals surface area contributed by atoms with Gasteiger partial charge in [0.1, 0.15) is 0 Å². The molecule has 2 aliphatic rings. The smallest absolute Gasteiger partial charge is 0.0507 e. The Morgan fingerprint density at radius 2 is 2.45 bits per heavy atom. The summed E-state index contributed by atoms with van der Waals surface area (Å²) in [5.41, 5.74) is 1.35. The normalized spacial score (nSPS) is 35.5. The van der Waals surface area contributed by atoms with E-state index in [1.54, 1.807) is 0 Å². The van der Waals surface area contributed by atoms with Gasteiger partial charge in [-0.15, -0.1) is 0 Å². The molecule has 1 aliphatic heterocycles. The zero-order valence-corrected chi connectivity index (χ0v) is 6.80. The van der Waals surface area contributed by atoms with E-state index in [1.165, 1.54) is 5.70 Å². The molecule has 2 heteroatoms. The second-order valence-electron chi connectivity index (χ2n) is 3.29. The summed E-state index contributed by atoms with van der Waals surface area (Å²) in [5.74, 6) is 0. The van der Waals surface area contributed by atoms with Crippen molar-refractivity contribution in [3.63, 3.8) is 0 Å².